The standard InChI is InChI=1S/C16H28N2O/c1-5-14(4)18-9-7-15(17-18)11-16(19)8-6-12(2)10-13(16)3/h7,9,12-14,19H,5-6,8,10-11H2,1-4H3. The van der Waals surface area contributed by atoms with Crippen molar-refractivity contribution in [3.8, 4) is 0 Å². The third-order valence-corrected chi connectivity index (χ3v) is 4.94. The molecular weight excluding hydrogens is 236 g/mol. The van der Waals surface area contributed by atoms with Gasteiger partial charge in [-0.2, -0.15) is 5.10 Å². The lowest BCUT2D eigenvalue weighted by Crippen LogP contribution is -2.43. The number of rotatable bonds is 4. The fraction of sp³-hybridized carbons (Fsp3) is 0.812. The summed E-state index contributed by atoms with van der Waals surface area (Å²) in [6.45, 7) is 8.82. The van der Waals surface area contributed by atoms with Gasteiger partial charge in [0, 0.05) is 18.7 Å². The van der Waals surface area contributed by atoms with Crippen LogP contribution in [0, 0.1) is 11.8 Å². The second-order valence-electron chi connectivity index (χ2n) is 6.61. The van der Waals surface area contributed by atoms with E-state index in [1.165, 1.54) is 0 Å². The van der Waals surface area contributed by atoms with Gasteiger partial charge in [0.05, 0.1) is 11.3 Å². The number of hydrogen-bond donors (Lipinski definition) is 1. The van der Waals surface area contributed by atoms with Gasteiger partial charge in [0.1, 0.15) is 0 Å². The first-order valence-electron chi connectivity index (χ1n) is 7.71. The second kappa shape index (κ2) is 5.66. The van der Waals surface area contributed by atoms with Crippen LogP contribution in [0.2, 0.25) is 0 Å². The molecule has 1 aromatic heterocycles. The summed E-state index contributed by atoms with van der Waals surface area (Å²) in [5, 5.41) is 15.5. The molecule has 108 valence electrons. The molecule has 1 fully saturated rings. The van der Waals surface area contributed by atoms with Gasteiger partial charge < -0.3 is 5.11 Å². The van der Waals surface area contributed by atoms with Crippen molar-refractivity contribution < 1.29 is 5.11 Å². The zero-order valence-electron chi connectivity index (χ0n) is 12.8. The van der Waals surface area contributed by atoms with Gasteiger partial charge in [-0.15, -0.1) is 0 Å². The molecule has 0 amide bonds. The van der Waals surface area contributed by atoms with Gasteiger partial charge in [-0.25, -0.2) is 0 Å². The van der Waals surface area contributed by atoms with Gasteiger partial charge in [-0.1, -0.05) is 20.8 Å². The van der Waals surface area contributed by atoms with Crippen LogP contribution in [-0.4, -0.2) is 20.5 Å². The highest BCUT2D eigenvalue weighted by atomic mass is 16.3. The molecule has 1 N–H and O–H groups in total. The van der Waals surface area contributed by atoms with Gasteiger partial charge in [0.2, 0.25) is 0 Å². The summed E-state index contributed by atoms with van der Waals surface area (Å²) in [6.07, 6.45) is 6.99. The van der Waals surface area contributed by atoms with Crippen molar-refractivity contribution in [2.45, 2.75) is 71.4 Å². The smallest absolute Gasteiger partial charge is 0.0729 e. The van der Waals surface area contributed by atoms with Gasteiger partial charge in [-0.05, 0) is 50.5 Å². The maximum atomic E-state index is 10.9. The quantitative estimate of drug-likeness (QED) is 0.902. The lowest BCUT2D eigenvalue weighted by Gasteiger charge is -2.40. The molecule has 4 atom stereocenters. The lowest BCUT2D eigenvalue weighted by molar-refractivity contribution is -0.0529. The van der Waals surface area contributed by atoms with E-state index in [2.05, 4.69) is 38.9 Å². The Bertz CT molecular complexity index is 415. The predicted molar refractivity (Wildman–Crippen MR) is 78.1 cm³/mol. The fourth-order valence-electron chi connectivity index (χ4n) is 3.16. The average Bonchev–Trinajstić information content (AvgIpc) is 2.82. The molecule has 0 aromatic carbocycles. The molecule has 0 bridgehead atoms. The summed E-state index contributed by atoms with van der Waals surface area (Å²) < 4.78 is 2.02. The molecule has 1 aliphatic carbocycles. The largest absolute Gasteiger partial charge is 0.389 e. The molecule has 0 radical (unpaired) electrons. The Morgan fingerprint density at radius 2 is 2.26 bits per heavy atom. The molecule has 1 aromatic rings. The molecule has 0 aliphatic heterocycles. The summed E-state index contributed by atoms with van der Waals surface area (Å²) in [7, 11) is 0. The number of aliphatic hydroxyl groups is 1. The maximum absolute atomic E-state index is 10.9. The van der Waals surface area contributed by atoms with E-state index in [1.807, 2.05) is 10.9 Å². The normalized spacial score (nSPS) is 33.3. The van der Waals surface area contributed by atoms with E-state index in [1.54, 1.807) is 0 Å². The first kappa shape index (κ1) is 14.6. The highest BCUT2D eigenvalue weighted by Gasteiger charge is 2.38. The van der Waals surface area contributed by atoms with Crippen LogP contribution in [0.25, 0.3) is 0 Å². The highest BCUT2D eigenvalue weighted by molar-refractivity contribution is 5.06. The van der Waals surface area contributed by atoms with Crippen LogP contribution < -0.4 is 0 Å². The molecule has 3 nitrogen and oxygen atoms in total. The Hall–Kier alpha value is -0.830. The summed E-state index contributed by atoms with van der Waals surface area (Å²) in [6, 6.07) is 2.50. The number of aromatic nitrogens is 2. The van der Waals surface area contributed by atoms with Crippen molar-refractivity contribution in [3.63, 3.8) is 0 Å². The van der Waals surface area contributed by atoms with Crippen LogP contribution in [-0.2, 0) is 6.42 Å². The van der Waals surface area contributed by atoms with E-state index in [0.717, 1.165) is 37.3 Å². The SMILES string of the molecule is CCC(C)n1ccc(CC2(O)CCC(C)CC2C)n1. The summed E-state index contributed by atoms with van der Waals surface area (Å²) in [5.41, 5.74) is 0.477. The number of nitrogens with zero attached hydrogens (tertiary/aromatic N) is 2. The Labute approximate surface area is 117 Å². The Kier molecular flexibility index (Phi) is 4.34. The molecule has 1 saturated carbocycles. The first-order valence-corrected chi connectivity index (χ1v) is 7.71. The van der Waals surface area contributed by atoms with Crippen molar-refractivity contribution in [1.29, 1.82) is 0 Å². The van der Waals surface area contributed by atoms with E-state index in [0.29, 0.717) is 18.4 Å². The molecule has 4 unspecified atom stereocenters. The minimum Gasteiger partial charge on any atom is -0.389 e. The molecule has 2 rings (SSSR count). The molecule has 19 heavy (non-hydrogen) atoms. The van der Waals surface area contributed by atoms with E-state index in [9.17, 15) is 5.11 Å². The van der Waals surface area contributed by atoms with Crippen LogP contribution in [0.1, 0.15) is 65.1 Å². The van der Waals surface area contributed by atoms with Crippen molar-refractivity contribution in [1.82, 2.24) is 9.78 Å². The van der Waals surface area contributed by atoms with Crippen LogP contribution in [0.5, 0.6) is 0 Å². The molecule has 1 aliphatic rings. The molecule has 3 heteroatoms. The zero-order chi connectivity index (χ0) is 14.0. The van der Waals surface area contributed by atoms with Crippen molar-refractivity contribution in [2.24, 2.45) is 11.8 Å². The van der Waals surface area contributed by atoms with Crippen LogP contribution in [0.4, 0.5) is 0 Å². The van der Waals surface area contributed by atoms with Crippen molar-refractivity contribution in [2.75, 3.05) is 0 Å². The van der Waals surface area contributed by atoms with Crippen molar-refractivity contribution in [3.05, 3.63) is 18.0 Å². The second-order valence-corrected chi connectivity index (χ2v) is 6.61. The van der Waals surface area contributed by atoms with Gasteiger partial charge in [0.25, 0.3) is 0 Å². The summed E-state index contributed by atoms with van der Waals surface area (Å²) >= 11 is 0. The minimum atomic E-state index is -0.554. The maximum Gasteiger partial charge on any atom is 0.0729 e. The Morgan fingerprint density at radius 1 is 1.53 bits per heavy atom. The van der Waals surface area contributed by atoms with Gasteiger partial charge >= 0.3 is 0 Å². The van der Waals surface area contributed by atoms with Crippen molar-refractivity contribution >= 4 is 0 Å². The van der Waals surface area contributed by atoms with Crippen LogP contribution >= 0.6 is 0 Å². The topological polar surface area (TPSA) is 38.0 Å². The third kappa shape index (κ3) is 3.19. The molecule has 0 saturated heterocycles. The molecule has 1 heterocycles. The highest BCUT2D eigenvalue weighted by Crippen LogP contribution is 2.38. The van der Waals surface area contributed by atoms with E-state index >= 15 is 0 Å². The van der Waals surface area contributed by atoms with Crippen LogP contribution in [0.3, 0.4) is 0 Å². The molecule has 0 spiro atoms. The van der Waals surface area contributed by atoms with E-state index in [-0.39, 0.29) is 0 Å². The molecular formula is C16H28N2O. The van der Waals surface area contributed by atoms with E-state index in [4.69, 9.17) is 0 Å². The average molecular weight is 264 g/mol. The lowest BCUT2D eigenvalue weighted by atomic mass is 9.70. The Balaban J connectivity index is 2.05. The fourth-order valence-corrected chi connectivity index (χ4v) is 3.16. The summed E-state index contributed by atoms with van der Waals surface area (Å²) in [4.78, 5) is 0. The van der Waals surface area contributed by atoms with Gasteiger partial charge in [0.15, 0.2) is 0 Å². The van der Waals surface area contributed by atoms with E-state index < -0.39 is 5.60 Å². The Morgan fingerprint density at radius 3 is 2.89 bits per heavy atom. The monoisotopic (exact) mass is 264 g/mol. The third-order valence-electron chi connectivity index (χ3n) is 4.94. The minimum absolute atomic E-state index is 0.366. The predicted octanol–water partition coefficient (Wildman–Crippen LogP) is 3.58. The van der Waals surface area contributed by atoms with Gasteiger partial charge in [-0.3, -0.25) is 4.68 Å². The summed E-state index contributed by atoms with van der Waals surface area (Å²) in [5.74, 6) is 1.11. The first-order chi connectivity index (χ1) is 8.94. The zero-order valence-corrected chi connectivity index (χ0v) is 12.8. The van der Waals surface area contributed by atoms with Crippen LogP contribution in [0.15, 0.2) is 12.3 Å². The number of hydrogen-bond acceptors (Lipinski definition) is 2.